The van der Waals surface area contributed by atoms with Gasteiger partial charge in [-0.25, -0.2) is 0 Å². The molecular formula is C16H14BrF2NO2. The molecular weight excluding hydrogens is 356 g/mol. The van der Waals surface area contributed by atoms with Crippen LogP contribution in [0.2, 0.25) is 0 Å². The van der Waals surface area contributed by atoms with Crippen molar-refractivity contribution < 1.29 is 18.3 Å². The molecule has 2 rings (SSSR count). The number of halogens is 3. The Morgan fingerprint density at radius 1 is 1.09 bits per heavy atom. The molecule has 0 atom stereocenters. The lowest BCUT2D eigenvalue weighted by Crippen LogP contribution is -2.25. The molecule has 0 spiro atoms. The molecule has 0 aliphatic rings. The summed E-state index contributed by atoms with van der Waals surface area (Å²) in [7, 11) is 0. The molecule has 1 amide bonds. The number of rotatable bonds is 6. The fourth-order valence-electron chi connectivity index (χ4n) is 1.86. The first-order valence-electron chi connectivity index (χ1n) is 6.62. The van der Waals surface area contributed by atoms with E-state index < -0.39 is 6.61 Å². The van der Waals surface area contributed by atoms with Gasteiger partial charge in [-0.3, -0.25) is 4.79 Å². The van der Waals surface area contributed by atoms with Crippen molar-refractivity contribution in [1.29, 1.82) is 0 Å². The Kier molecular flexibility index (Phi) is 5.89. The third kappa shape index (κ3) is 5.11. The Hall–Kier alpha value is -1.95. The van der Waals surface area contributed by atoms with E-state index in [1.165, 1.54) is 12.1 Å². The van der Waals surface area contributed by atoms with E-state index in [9.17, 15) is 13.6 Å². The second-order valence-electron chi connectivity index (χ2n) is 4.54. The fourth-order valence-corrected chi connectivity index (χ4v) is 2.13. The SMILES string of the molecule is O=C(NCCc1ccc(OC(F)F)cc1)c1ccc(Br)cc1. The molecule has 0 bridgehead atoms. The Morgan fingerprint density at radius 3 is 2.32 bits per heavy atom. The zero-order chi connectivity index (χ0) is 15.9. The molecule has 0 aliphatic heterocycles. The van der Waals surface area contributed by atoms with Gasteiger partial charge in [0.15, 0.2) is 0 Å². The van der Waals surface area contributed by atoms with E-state index in [2.05, 4.69) is 26.0 Å². The minimum Gasteiger partial charge on any atom is -0.435 e. The molecule has 2 aromatic rings. The molecule has 0 saturated carbocycles. The van der Waals surface area contributed by atoms with Gasteiger partial charge in [0.25, 0.3) is 5.91 Å². The van der Waals surface area contributed by atoms with Gasteiger partial charge in [-0.05, 0) is 48.4 Å². The van der Waals surface area contributed by atoms with E-state index in [4.69, 9.17) is 0 Å². The van der Waals surface area contributed by atoms with Gasteiger partial charge >= 0.3 is 6.61 Å². The number of hydrogen-bond donors (Lipinski definition) is 1. The molecule has 0 saturated heterocycles. The highest BCUT2D eigenvalue weighted by Crippen LogP contribution is 2.15. The lowest BCUT2D eigenvalue weighted by molar-refractivity contribution is -0.0498. The van der Waals surface area contributed by atoms with Crippen LogP contribution in [0.25, 0.3) is 0 Å². The van der Waals surface area contributed by atoms with Crippen LogP contribution in [-0.2, 0) is 6.42 Å². The highest BCUT2D eigenvalue weighted by atomic mass is 79.9. The summed E-state index contributed by atoms with van der Waals surface area (Å²) in [4.78, 5) is 11.9. The summed E-state index contributed by atoms with van der Waals surface area (Å²) < 4.78 is 29.2. The summed E-state index contributed by atoms with van der Waals surface area (Å²) in [6.45, 7) is -2.36. The van der Waals surface area contributed by atoms with Gasteiger partial charge in [-0.2, -0.15) is 8.78 Å². The lowest BCUT2D eigenvalue weighted by atomic mass is 10.1. The minimum atomic E-state index is -2.82. The summed E-state index contributed by atoms with van der Waals surface area (Å²) >= 11 is 3.31. The molecule has 0 aromatic heterocycles. The van der Waals surface area contributed by atoms with E-state index in [-0.39, 0.29) is 11.7 Å². The maximum Gasteiger partial charge on any atom is 0.387 e. The van der Waals surface area contributed by atoms with Crippen molar-refractivity contribution in [3.63, 3.8) is 0 Å². The van der Waals surface area contributed by atoms with Gasteiger partial charge in [-0.1, -0.05) is 28.1 Å². The fraction of sp³-hybridized carbons (Fsp3) is 0.188. The third-order valence-electron chi connectivity index (χ3n) is 2.95. The van der Waals surface area contributed by atoms with E-state index in [0.717, 1.165) is 10.0 Å². The Balaban J connectivity index is 1.80. The first-order chi connectivity index (χ1) is 10.5. The monoisotopic (exact) mass is 369 g/mol. The minimum absolute atomic E-state index is 0.123. The number of hydrogen-bond acceptors (Lipinski definition) is 2. The van der Waals surface area contributed by atoms with E-state index in [0.29, 0.717) is 18.5 Å². The molecule has 0 heterocycles. The van der Waals surface area contributed by atoms with Crippen molar-refractivity contribution in [2.75, 3.05) is 6.54 Å². The van der Waals surface area contributed by atoms with Gasteiger partial charge in [0, 0.05) is 16.6 Å². The van der Waals surface area contributed by atoms with Crippen LogP contribution in [0.1, 0.15) is 15.9 Å². The van der Waals surface area contributed by atoms with Crippen LogP contribution in [0.3, 0.4) is 0 Å². The second-order valence-corrected chi connectivity index (χ2v) is 5.45. The van der Waals surface area contributed by atoms with Gasteiger partial charge in [0.05, 0.1) is 0 Å². The van der Waals surface area contributed by atoms with Crippen LogP contribution in [0.4, 0.5) is 8.78 Å². The van der Waals surface area contributed by atoms with Gasteiger partial charge < -0.3 is 10.1 Å². The summed E-state index contributed by atoms with van der Waals surface area (Å²) in [5, 5.41) is 2.81. The zero-order valence-corrected chi connectivity index (χ0v) is 13.1. The van der Waals surface area contributed by atoms with Crippen LogP contribution in [0.15, 0.2) is 53.0 Å². The molecule has 3 nitrogen and oxygen atoms in total. The number of alkyl halides is 2. The summed E-state index contributed by atoms with van der Waals surface area (Å²) in [6, 6.07) is 13.4. The highest BCUT2D eigenvalue weighted by molar-refractivity contribution is 9.10. The van der Waals surface area contributed by atoms with Crippen LogP contribution in [-0.4, -0.2) is 19.1 Å². The quantitative estimate of drug-likeness (QED) is 0.834. The van der Waals surface area contributed by atoms with Crippen molar-refractivity contribution in [3.05, 3.63) is 64.1 Å². The normalized spacial score (nSPS) is 10.5. The van der Waals surface area contributed by atoms with Crippen molar-refractivity contribution in [1.82, 2.24) is 5.32 Å². The lowest BCUT2D eigenvalue weighted by Gasteiger charge is -2.07. The maximum atomic E-state index is 12.0. The standard InChI is InChI=1S/C16H14BrF2NO2/c17-13-5-3-12(4-6-13)15(21)20-10-9-11-1-7-14(8-2-11)22-16(18)19/h1-8,16H,9-10H2,(H,20,21). The number of carbonyl (C=O) groups is 1. The predicted octanol–water partition coefficient (Wildman–Crippen LogP) is 4.02. The van der Waals surface area contributed by atoms with Gasteiger partial charge in [-0.15, -0.1) is 0 Å². The van der Waals surface area contributed by atoms with Crippen LogP contribution >= 0.6 is 15.9 Å². The average molecular weight is 370 g/mol. The van der Waals surface area contributed by atoms with Crippen molar-refractivity contribution >= 4 is 21.8 Å². The van der Waals surface area contributed by atoms with Crippen molar-refractivity contribution in [2.24, 2.45) is 0 Å². The Labute approximate surface area is 135 Å². The maximum absolute atomic E-state index is 12.0. The molecule has 2 aromatic carbocycles. The first-order valence-corrected chi connectivity index (χ1v) is 7.41. The third-order valence-corrected chi connectivity index (χ3v) is 3.48. The predicted molar refractivity (Wildman–Crippen MR) is 83.3 cm³/mol. The molecule has 0 fully saturated rings. The second kappa shape index (κ2) is 7.89. The smallest absolute Gasteiger partial charge is 0.387 e. The first kappa shape index (κ1) is 16.4. The molecule has 1 N–H and O–H groups in total. The van der Waals surface area contributed by atoms with Gasteiger partial charge in [0.2, 0.25) is 0 Å². The van der Waals surface area contributed by atoms with E-state index >= 15 is 0 Å². The molecule has 0 aliphatic carbocycles. The average Bonchev–Trinajstić information content (AvgIpc) is 2.49. The van der Waals surface area contributed by atoms with Crippen molar-refractivity contribution in [3.8, 4) is 5.75 Å². The highest BCUT2D eigenvalue weighted by Gasteiger charge is 2.06. The number of amides is 1. The molecule has 22 heavy (non-hydrogen) atoms. The number of carbonyl (C=O) groups excluding carboxylic acids is 1. The van der Waals surface area contributed by atoms with Crippen LogP contribution in [0, 0.1) is 0 Å². The number of benzene rings is 2. The summed E-state index contributed by atoms with van der Waals surface area (Å²) in [6.07, 6.45) is 0.608. The summed E-state index contributed by atoms with van der Waals surface area (Å²) in [5.74, 6) is -0.0252. The zero-order valence-electron chi connectivity index (χ0n) is 11.6. The topological polar surface area (TPSA) is 38.3 Å². The van der Waals surface area contributed by atoms with Crippen LogP contribution < -0.4 is 10.1 Å². The van der Waals surface area contributed by atoms with Crippen molar-refractivity contribution in [2.45, 2.75) is 13.0 Å². The van der Waals surface area contributed by atoms with Gasteiger partial charge in [0.1, 0.15) is 5.75 Å². The summed E-state index contributed by atoms with van der Waals surface area (Å²) in [5.41, 5.74) is 1.52. The van der Waals surface area contributed by atoms with Crippen LogP contribution in [0.5, 0.6) is 5.75 Å². The molecule has 0 unspecified atom stereocenters. The number of nitrogens with one attached hydrogen (secondary N) is 1. The molecule has 6 heteroatoms. The molecule has 116 valence electrons. The van der Waals surface area contributed by atoms with E-state index in [1.807, 2.05) is 0 Å². The molecule has 0 radical (unpaired) electrons. The Bertz CT molecular complexity index is 615. The number of ether oxygens (including phenoxy) is 1. The Morgan fingerprint density at radius 2 is 1.73 bits per heavy atom. The van der Waals surface area contributed by atoms with E-state index in [1.54, 1.807) is 36.4 Å². The largest absolute Gasteiger partial charge is 0.435 e.